The number of rotatable bonds is 6. The highest BCUT2D eigenvalue weighted by molar-refractivity contribution is 7.13. The number of hydrogen-bond donors (Lipinski definition) is 2. The molecule has 2 aliphatic rings. The van der Waals surface area contributed by atoms with Gasteiger partial charge in [0, 0.05) is 35.8 Å². The number of carbonyl (C=O) groups is 3. The van der Waals surface area contributed by atoms with E-state index in [9.17, 15) is 14.4 Å². The Kier molecular flexibility index (Phi) is 5.13. The molecule has 28 heavy (non-hydrogen) atoms. The van der Waals surface area contributed by atoms with Crippen LogP contribution in [0, 0.1) is 0 Å². The number of benzene rings is 1. The molecule has 146 valence electrons. The summed E-state index contributed by atoms with van der Waals surface area (Å²) in [5.74, 6) is -0.266. The van der Waals surface area contributed by atoms with Crippen LogP contribution in [0.5, 0.6) is 0 Å². The van der Waals surface area contributed by atoms with Gasteiger partial charge in [-0.15, -0.1) is 11.3 Å². The molecule has 0 radical (unpaired) electrons. The number of anilines is 1. The van der Waals surface area contributed by atoms with Crippen molar-refractivity contribution in [3.8, 4) is 10.6 Å². The fraction of sp³-hybridized carbons (Fsp3) is 0.400. The molecule has 0 unspecified atom stereocenters. The summed E-state index contributed by atoms with van der Waals surface area (Å²) in [7, 11) is 0. The van der Waals surface area contributed by atoms with Crippen LogP contribution < -0.4 is 10.6 Å². The molecule has 0 atom stereocenters. The van der Waals surface area contributed by atoms with Gasteiger partial charge in [0.2, 0.25) is 5.91 Å². The Balaban J connectivity index is 1.26. The molecule has 1 spiro atoms. The quantitative estimate of drug-likeness (QED) is 0.730. The highest BCUT2D eigenvalue weighted by atomic mass is 32.1. The molecular formula is C20H22N4O3S. The van der Waals surface area contributed by atoms with Gasteiger partial charge in [0.25, 0.3) is 5.91 Å². The third kappa shape index (κ3) is 3.64. The minimum absolute atomic E-state index is 0.131. The van der Waals surface area contributed by atoms with Crippen LogP contribution in [-0.2, 0) is 9.59 Å². The number of nitrogens with one attached hydrogen (secondary N) is 2. The highest BCUT2D eigenvalue weighted by Gasteiger charge is 2.51. The Labute approximate surface area is 167 Å². The van der Waals surface area contributed by atoms with Crippen molar-refractivity contribution < 1.29 is 14.4 Å². The Bertz CT molecular complexity index is 873. The van der Waals surface area contributed by atoms with Crippen molar-refractivity contribution in [2.45, 2.75) is 44.1 Å². The standard InChI is InChI=1S/C20H22N4O3S/c25-16(22-15-7-5-14(6-8-15)17-21-11-13-28-17)4-3-12-24-18(26)20(23-19(24)27)9-1-2-10-20/h5-8,11,13H,1-4,9-10,12H2,(H,22,25)(H,23,27). The van der Waals surface area contributed by atoms with Gasteiger partial charge in [0.1, 0.15) is 10.5 Å². The van der Waals surface area contributed by atoms with E-state index in [4.69, 9.17) is 0 Å². The van der Waals surface area contributed by atoms with Gasteiger partial charge < -0.3 is 10.6 Å². The first-order chi connectivity index (χ1) is 13.6. The lowest BCUT2D eigenvalue weighted by Gasteiger charge is -2.19. The number of imide groups is 1. The topological polar surface area (TPSA) is 91.4 Å². The van der Waals surface area contributed by atoms with Gasteiger partial charge in [-0.3, -0.25) is 14.5 Å². The number of hydrogen-bond acceptors (Lipinski definition) is 5. The molecule has 1 aromatic heterocycles. The van der Waals surface area contributed by atoms with Crippen molar-refractivity contribution in [1.82, 2.24) is 15.2 Å². The number of amides is 4. The molecule has 8 heteroatoms. The first kappa shape index (κ1) is 18.6. The SMILES string of the molecule is O=C(CCCN1C(=O)NC2(CCCC2)C1=O)Nc1ccc(-c2nccs2)cc1. The summed E-state index contributed by atoms with van der Waals surface area (Å²) in [4.78, 5) is 42.4. The summed E-state index contributed by atoms with van der Waals surface area (Å²) in [6.07, 6.45) is 5.80. The average molecular weight is 398 g/mol. The third-order valence-electron chi connectivity index (χ3n) is 5.34. The molecule has 4 rings (SSSR count). The maximum atomic E-state index is 12.6. The molecule has 4 amide bonds. The van der Waals surface area contributed by atoms with Gasteiger partial charge in [-0.25, -0.2) is 9.78 Å². The Morgan fingerprint density at radius 1 is 1.21 bits per heavy atom. The van der Waals surface area contributed by atoms with Crippen LogP contribution in [0.15, 0.2) is 35.8 Å². The maximum Gasteiger partial charge on any atom is 0.325 e. The van der Waals surface area contributed by atoms with E-state index in [1.54, 1.807) is 17.5 Å². The first-order valence-corrected chi connectivity index (χ1v) is 10.4. The molecule has 2 fully saturated rings. The Morgan fingerprint density at radius 3 is 2.64 bits per heavy atom. The largest absolute Gasteiger partial charge is 0.326 e. The number of urea groups is 1. The summed E-state index contributed by atoms with van der Waals surface area (Å²) in [6, 6.07) is 7.20. The van der Waals surface area contributed by atoms with Crippen LogP contribution in [0.25, 0.3) is 10.6 Å². The van der Waals surface area contributed by atoms with E-state index < -0.39 is 5.54 Å². The van der Waals surface area contributed by atoms with Crippen LogP contribution in [0.4, 0.5) is 10.5 Å². The number of aromatic nitrogens is 1. The van der Waals surface area contributed by atoms with Gasteiger partial charge in [0.05, 0.1) is 0 Å². The molecule has 2 N–H and O–H groups in total. The van der Waals surface area contributed by atoms with Gasteiger partial charge in [-0.2, -0.15) is 0 Å². The summed E-state index contributed by atoms with van der Waals surface area (Å²) in [6.45, 7) is 0.267. The van der Waals surface area contributed by atoms with Crippen molar-refractivity contribution in [2.24, 2.45) is 0 Å². The molecule has 0 bridgehead atoms. The molecule has 1 saturated heterocycles. The summed E-state index contributed by atoms with van der Waals surface area (Å²) in [5.41, 5.74) is 1.04. The van der Waals surface area contributed by atoms with Gasteiger partial charge in [-0.1, -0.05) is 12.8 Å². The van der Waals surface area contributed by atoms with E-state index in [0.717, 1.165) is 23.4 Å². The normalized spacial score (nSPS) is 17.9. The fourth-order valence-electron chi connectivity index (χ4n) is 3.88. The van der Waals surface area contributed by atoms with Crippen molar-refractivity contribution in [1.29, 1.82) is 0 Å². The van der Waals surface area contributed by atoms with Crippen molar-refractivity contribution in [3.63, 3.8) is 0 Å². The minimum atomic E-state index is -0.682. The van der Waals surface area contributed by atoms with E-state index in [-0.39, 0.29) is 30.8 Å². The number of carbonyl (C=O) groups excluding carboxylic acids is 3. The second-order valence-electron chi connectivity index (χ2n) is 7.24. The van der Waals surface area contributed by atoms with Crippen LogP contribution in [0.2, 0.25) is 0 Å². The van der Waals surface area contributed by atoms with Crippen LogP contribution in [-0.4, -0.2) is 39.8 Å². The second-order valence-corrected chi connectivity index (χ2v) is 8.14. The third-order valence-corrected chi connectivity index (χ3v) is 6.16. The zero-order valence-corrected chi connectivity index (χ0v) is 16.3. The van der Waals surface area contributed by atoms with E-state index in [1.165, 1.54) is 4.90 Å². The Hall–Kier alpha value is -2.74. The van der Waals surface area contributed by atoms with Crippen LogP contribution >= 0.6 is 11.3 Å². The maximum absolute atomic E-state index is 12.6. The predicted molar refractivity (Wildman–Crippen MR) is 107 cm³/mol. The first-order valence-electron chi connectivity index (χ1n) is 9.51. The second kappa shape index (κ2) is 7.71. The molecule has 2 aromatic rings. The lowest BCUT2D eigenvalue weighted by atomic mass is 9.98. The molecule has 2 heterocycles. The van der Waals surface area contributed by atoms with E-state index in [2.05, 4.69) is 15.6 Å². The summed E-state index contributed by atoms with van der Waals surface area (Å²) >= 11 is 1.56. The van der Waals surface area contributed by atoms with Crippen LogP contribution in [0.1, 0.15) is 38.5 Å². The number of nitrogens with zero attached hydrogens (tertiary/aromatic N) is 2. The van der Waals surface area contributed by atoms with Crippen LogP contribution in [0.3, 0.4) is 0 Å². The molecular weight excluding hydrogens is 376 g/mol. The van der Waals surface area contributed by atoms with Crippen molar-refractivity contribution in [3.05, 3.63) is 35.8 Å². The molecule has 1 aliphatic carbocycles. The molecule has 1 aliphatic heterocycles. The Morgan fingerprint density at radius 2 is 1.96 bits per heavy atom. The van der Waals surface area contributed by atoms with Gasteiger partial charge in [0.15, 0.2) is 0 Å². The summed E-state index contributed by atoms with van der Waals surface area (Å²) in [5, 5.41) is 8.57. The fourth-order valence-corrected chi connectivity index (χ4v) is 4.52. The average Bonchev–Trinajstić information content (AvgIpc) is 3.41. The summed E-state index contributed by atoms with van der Waals surface area (Å²) < 4.78 is 0. The predicted octanol–water partition coefficient (Wildman–Crippen LogP) is 3.39. The van der Waals surface area contributed by atoms with E-state index >= 15 is 0 Å². The smallest absolute Gasteiger partial charge is 0.325 e. The van der Waals surface area contributed by atoms with Crippen molar-refractivity contribution >= 4 is 34.9 Å². The number of thiazole rings is 1. The molecule has 1 aromatic carbocycles. The lowest BCUT2D eigenvalue weighted by molar-refractivity contribution is -0.131. The van der Waals surface area contributed by atoms with Gasteiger partial charge in [-0.05, 0) is 43.5 Å². The van der Waals surface area contributed by atoms with E-state index in [1.807, 2.05) is 29.6 Å². The monoisotopic (exact) mass is 398 g/mol. The lowest BCUT2D eigenvalue weighted by Crippen LogP contribution is -2.44. The molecule has 7 nitrogen and oxygen atoms in total. The zero-order chi connectivity index (χ0) is 19.6. The van der Waals surface area contributed by atoms with E-state index in [0.29, 0.717) is 24.9 Å². The minimum Gasteiger partial charge on any atom is -0.326 e. The molecule has 1 saturated carbocycles. The zero-order valence-electron chi connectivity index (χ0n) is 15.4. The van der Waals surface area contributed by atoms with Gasteiger partial charge >= 0.3 is 6.03 Å². The highest BCUT2D eigenvalue weighted by Crippen LogP contribution is 2.35. The van der Waals surface area contributed by atoms with Crippen molar-refractivity contribution in [2.75, 3.05) is 11.9 Å².